The number of hydrogen-bond donors (Lipinski definition) is 0. The molecule has 1 fully saturated rings. The summed E-state index contributed by atoms with van der Waals surface area (Å²) in [7, 11) is 1.67. The number of benzene rings is 1. The molecule has 2 rings (SSSR count). The van der Waals surface area contributed by atoms with Crippen molar-refractivity contribution in [3.05, 3.63) is 29.8 Å². The third kappa shape index (κ3) is 4.68. The van der Waals surface area contributed by atoms with Crippen LogP contribution in [0.2, 0.25) is 0 Å². The minimum Gasteiger partial charge on any atom is -0.384 e. The van der Waals surface area contributed by atoms with E-state index in [2.05, 4.69) is 0 Å². The highest BCUT2D eigenvalue weighted by molar-refractivity contribution is 8.00. The summed E-state index contributed by atoms with van der Waals surface area (Å²) in [6.07, 6.45) is 2.06. The molecule has 1 amide bonds. The monoisotopic (exact) mass is 315 g/mol. The lowest BCUT2D eigenvalue weighted by atomic mass is 9.99. The number of piperidine rings is 1. The minimum atomic E-state index is -0.884. The third-order valence-corrected chi connectivity index (χ3v) is 4.51. The normalized spacial score (nSPS) is 18.8. The van der Waals surface area contributed by atoms with Gasteiger partial charge in [0.1, 0.15) is 0 Å². The number of ether oxygens (including phenoxy) is 1. The van der Waals surface area contributed by atoms with Crippen LogP contribution < -0.4 is 0 Å². The Labute approximate surface area is 127 Å². The first-order chi connectivity index (χ1) is 10.1. The molecule has 0 saturated carbocycles. The molecule has 1 saturated heterocycles. The van der Waals surface area contributed by atoms with Gasteiger partial charge >= 0.3 is 0 Å². The standard InChI is InChI=1S/C15H19F2NO2S/c1-20-9-11-3-2-6-18(8-11)15(19)10-21-12-4-5-13(16)14(17)7-12/h4-5,7,11H,2-3,6,8-10H2,1H3. The lowest BCUT2D eigenvalue weighted by molar-refractivity contribution is -0.130. The van der Waals surface area contributed by atoms with Crippen LogP contribution in [0.1, 0.15) is 12.8 Å². The highest BCUT2D eigenvalue weighted by Gasteiger charge is 2.23. The molecule has 1 aromatic rings. The maximum atomic E-state index is 13.1. The van der Waals surface area contributed by atoms with Crippen molar-refractivity contribution in [2.24, 2.45) is 5.92 Å². The predicted molar refractivity (Wildman–Crippen MR) is 78.3 cm³/mol. The van der Waals surface area contributed by atoms with Gasteiger partial charge in [-0.1, -0.05) is 0 Å². The topological polar surface area (TPSA) is 29.5 Å². The number of rotatable bonds is 5. The zero-order valence-corrected chi connectivity index (χ0v) is 12.8. The number of carbonyl (C=O) groups excluding carboxylic acids is 1. The molecule has 0 aliphatic carbocycles. The SMILES string of the molecule is COCC1CCCN(C(=O)CSc2ccc(F)c(F)c2)C1. The van der Waals surface area contributed by atoms with Crippen molar-refractivity contribution < 1.29 is 18.3 Å². The average molecular weight is 315 g/mol. The first-order valence-corrected chi connectivity index (χ1v) is 7.93. The molecule has 6 heteroatoms. The summed E-state index contributed by atoms with van der Waals surface area (Å²) in [5, 5.41) is 0. The van der Waals surface area contributed by atoms with E-state index in [-0.39, 0.29) is 11.7 Å². The molecule has 1 heterocycles. The molecule has 0 aromatic heterocycles. The number of methoxy groups -OCH3 is 1. The number of carbonyl (C=O) groups is 1. The summed E-state index contributed by atoms with van der Waals surface area (Å²) in [4.78, 5) is 14.6. The Hall–Kier alpha value is -1.14. The lowest BCUT2D eigenvalue weighted by Gasteiger charge is -2.32. The van der Waals surface area contributed by atoms with Crippen LogP contribution >= 0.6 is 11.8 Å². The molecule has 1 unspecified atom stereocenters. The van der Waals surface area contributed by atoms with Gasteiger partial charge in [-0.15, -0.1) is 11.8 Å². The summed E-state index contributed by atoms with van der Waals surface area (Å²) in [6.45, 7) is 2.14. The van der Waals surface area contributed by atoms with E-state index in [0.717, 1.165) is 31.5 Å². The van der Waals surface area contributed by atoms with E-state index < -0.39 is 11.6 Å². The number of amides is 1. The van der Waals surface area contributed by atoms with Crippen LogP contribution in [0.25, 0.3) is 0 Å². The number of hydrogen-bond acceptors (Lipinski definition) is 3. The van der Waals surface area contributed by atoms with Crippen molar-refractivity contribution in [1.29, 1.82) is 0 Å². The fraction of sp³-hybridized carbons (Fsp3) is 0.533. The Balaban J connectivity index is 1.84. The molecule has 1 atom stereocenters. The van der Waals surface area contributed by atoms with Gasteiger partial charge < -0.3 is 9.64 Å². The molecule has 0 spiro atoms. The first kappa shape index (κ1) is 16.2. The van der Waals surface area contributed by atoms with Crippen LogP contribution in [0.3, 0.4) is 0 Å². The molecule has 1 aliphatic heterocycles. The Bertz CT molecular complexity index is 497. The summed E-state index contributed by atoms with van der Waals surface area (Å²) < 4.78 is 31.1. The van der Waals surface area contributed by atoms with E-state index in [4.69, 9.17) is 4.74 Å². The van der Waals surface area contributed by atoms with Crippen molar-refractivity contribution in [2.45, 2.75) is 17.7 Å². The average Bonchev–Trinajstić information content (AvgIpc) is 2.49. The predicted octanol–water partition coefficient (Wildman–Crippen LogP) is 2.94. The Kier molecular flexibility index (Phi) is 5.99. The lowest BCUT2D eigenvalue weighted by Crippen LogP contribution is -2.42. The van der Waals surface area contributed by atoms with E-state index in [1.807, 2.05) is 4.90 Å². The molecule has 3 nitrogen and oxygen atoms in total. The summed E-state index contributed by atoms with van der Waals surface area (Å²) in [5.74, 6) is -1.09. The van der Waals surface area contributed by atoms with E-state index >= 15 is 0 Å². The quantitative estimate of drug-likeness (QED) is 0.783. The van der Waals surface area contributed by atoms with Crippen LogP contribution in [0.15, 0.2) is 23.1 Å². The first-order valence-electron chi connectivity index (χ1n) is 6.94. The van der Waals surface area contributed by atoms with Gasteiger partial charge in [0, 0.05) is 25.1 Å². The van der Waals surface area contributed by atoms with Gasteiger partial charge in [-0.2, -0.15) is 0 Å². The van der Waals surface area contributed by atoms with Crippen molar-refractivity contribution in [1.82, 2.24) is 4.90 Å². The summed E-state index contributed by atoms with van der Waals surface area (Å²) >= 11 is 1.23. The zero-order chi connectivity index (χ0) is 15.2. The van der Waals surface area contributed by atoms with Gasteiger partial charge in [0.25, 0.3) is 0 Å². The minimum absolute atomic E-state index is 0.0329. The molecule has 116 valence electrons. The third-order valence-electron chi connectivity index (χ3n) is 3.53. The van der Waals surface area contributed by atoms with Gasteiger partial charge in [-0.25, -0.2) is 8.78 Å². The van der Waals surface area contributed by atoms with Crippen LogP contribution in [-0.2, 0) is 9.53 Å². The molecule has 21 heavy (non-hydrogen) atoms. The van der Waals surface area contributed by atoms with Crippen LogP contribution in [0.4, 0.5) is 8.78 Å². The molecule has 0 bridgehead atoms. The molecule has 0 radical (unpaired) electrons. The highest BCUT2D eigenvalue weighted by atomic mass is 32.2. The van der Waals surface area contributed by atoms with Crippen LogP contribution in [0.5, 0.6) is 0 Å². The van der Waals surface area contributed by atoms with Gasteiger partial charge in [-0.3, -0.25) is 4.79 Å². The number of nitrogens with zero attached hydrogens (tertiary/aromatic N) is 1. The largest absolute Gasteiger partial charge is 0.384 e. The summed E-state index contributed by atoms with van der Waals surface area (Å²) in [5.41, 5.74) is 0. The maximum Gasteiger partial charge on any atom is 0.232 e. The van der Waals surface area contributed by atoms with E-state index in [1.54, 1.807) is 7.11 Å². The highest BCUT2D eigenvalue weighted by Crippen LogP contribution is 2.22. The zero-order valence-electron chi connectivity index (χ0n) is 12.0. The van der Waals surface area contributed by atoms with E-state index in [0.29, 0.717) is 24.0 Å². The second-order valence-corrected chi connectivity index (χ2v) is 6.22. The van der Waals surface area contributed by atoms with Crippen LogP contribution in [-0.4, -0.2) is 43.4 Å². The Morgan fingerprint density at radius 1 is 1.43 bits per heavy atom. The maximum absolute atomic E-state index is 13.1. The fourth-order valence-corrected chi connectivity index (χ4v) is 3.29. The fourth-order valence-electron chi connectivity index (χ4n) is 2.47. The van der Waals surface area contributed by atoms with E-state index in [9.17, 15) is 13.6 Å². The second-order valence-electron chi connectivity index (χ2n) is 5.17. The van der Waals surface area contributed by atoms with Crippen molar-refractivity contribution in [3.63, 3.8) is 0 Å². The number of thioether (sulfide) groups is 1. The van der Waals surface area contributed by atoms with Gasteiger partial charge in [-0.05, 0) is 37.0 Å². The Morgan fingerprint density at radius 2 is 2.24 bits per heavy atom. The van der Waals surface area contributed by atoms with Crippen molar-refractivity contribution in [2.75, 3.05) is 32.6 Å². The molecular formula is C15H19F2NO2S. The van der Waals surface area contributed by atoms with Gasteiger partial charge in [0.05, 0.1) is 12.4 Å². The van der Waals surface area contributed by atoms with Gasteiger partial charge in [0.15, 0.2) is 11.6 Å². The van der Waals surface area contributed by atoms with Crippen LogP contribution in [0, 0.1) is 17.6 Å². The number of halogens is 2. The second kappa shape index (κ2) is 7.75. The molecular weight excluding hydrogens is 296 g/mol. The Morgan fingerprint density at radius 3 is 2.95 bits per heavy atom. The number of likely N-dealkylation sites (tertiary alicyclic amines) is 1. The molecule has 1 aromatic carbocycles. The summed E-state index contributed by atoms with van der Waals surface area (Å²) in [6, 6.07) is 3.69. The smallest absolute Gasteiger partial charge is 0.232 e. The van der Waals surface area contributed by atoms with Crippen molar-refractivity contribution >= 4 is 17.7 Å². The van der Waals surface area contributed by atoms with E-state index in [1.165, 1.54) is 17.8 Å². The molecule has 1 aliphatic rings. The molecule has 0 N–H and O–H groups in total. The van der Waals surface area contributed by atoms with Gasteiger partial charge in [0.2, 0.25) is 5.91 Å². The van der Waals surface area contributed by atoms with Crippen molar-refractivity contribution in [3.8, 4) is 0 Å².